The molecule has 2 fully saturated rings. The molecule has 0 aromatic heterocycles. The molecule has 2 aliphatic carbocycles. The first-order valence-corrected chi connectivity index (χ1v) is 10.8. The summed E-state index contributed by atoms with van der Waals surface area (Å²) in [5, 5.41) is 29.5. The number of unbranched alkanes of at least 4 members (excludes halogenated alkanes) is 2. The number of aliphatic hydroxyl groups excluding tert-OH is 2. The zero-order chi connectivity index (χ0) is 19.8. The number of aliphatic hydroxyl groups is 2. The molecule has 2 saturated carbocycles. The van der Waals surface area contributed by atoms with E-state index in [1.807, 2.05) is 6.08 Å². The topological polar surface area (TPSA) is 77.8 Å². The van der Waals surface area contributed by atoms with E-state index in [9.17, 15) is 15.0 Å². The Bertz CT molecular complexity index is 524. The lowest BCUT2D eigenvalue weighted by atomic mass is 9.89. The number of fused-ring (bicyclic) bond motifs is 1. The van der Waals surface area contributed by atoms with Crippen LogP contribution in [0.5, 0.6) is 0 Å². The minimum atomic E-state index is -0.729. The molecule has 154 valence electrons. The molecule has 4 heteroatoms. The van der Waals surface area contributed by atoms with Gasteiger partial charge in [-0.2, -0.15) is 0 Å². The Morgan fingerprint density at radius 3 is 2.78 bits per heavy atom. The van der Waals surface area contributed by atoms with Crippen molar-refractivity contribution in [3.05, 3.63) is 23.8 Å². The van der Waals surface area contributed by atoms with Gasteiger partial charge in [0.15, 0.2) is 0 Å². The summed E-state index contributed by atoms with van der Waals surface area (Å²) in [4.78, 5) is 10.6. The average molecular weight is 379 g/mol. The second-order valence-electron chi connectivity index (χ2n) is 8.80. The number of allylic oxidation sites excluding steroid dienone is 2. The van der Waals surface area contributed by atoms with Crippen LogP contribution in [0.15, 0.2) is 23.8 Å². The van der Waals surface area contributed by atoms with E-state index in [4.69, 9.17) is 5.11 Å². The minimum Gasteiger partial charge on any atom is -0.481 e. The van der Waals surface area contributed by atoms with E-state index in [0.29, 0.717) is 24.2 Å². The maximum absolute atomic E-state index is 10.6. The van der Waals surface area contributed by atoms with Crippen molar-refractivity contribution in [1.82, 2.24) is 0 Å². The quantitative estimate of drug-likeness (QED) is 0.359. The highest BCUT2D eigenvalue weighted by Gasteiger charge is 2.44. The van der Waals surface area contributed by atoms with Gasteiger partial charge in [-0.25, -0.2) is 0 Å². The van der Waals surface area contributed by atoms with Crippen molar-refractivity contribution in [3.63, 3.8) is 0 Å². The van der Waals surface area contributed by atoms with Gasteiger partial charge in [-0.05, 0) is 56.3 Å². The Balaban J connectivity index is 1.83. The van der Waals surface area contributed by atoms with Gasteiger partial charge in [0.05, 0.1) is 12.2 Å². The van der Waals surface area contributed by atoms with Gasteiger partial charge in [0, 0.05) is 12.3 Å². The molecule has 4 nitrogen and oxygen atoms in total. The summed E-state index contributed by atoms with van der Waals surface area (Å²) in [6.45, 7) is 4.39. The molecule has 27 heavy (non-hydrogen) atoms. The summed E-state index contributed by atoms with van der Waals surface area (Å²) < 4.78 is 0. The van der Waals surface area contributed by atoms with Gasteiger partial charge in [-0.15, -0.1) is 0 Å². The van der Waals surface area contributed by atoms with Crippen LogP contribution >= 0.6 is 0 Å². The van der Waals surface area contributed by atoms with Gasteiger partial charge in [0.2, 0.25) is 0 Å². The zero-order valence-corrected chi connectivity index (χ0v) is 17.0. The second-order valence-corrected chi connectivity index (χ2v) is 8.80. The maximum atomic E-state index is 10.6. The minimum absolute atomic E-state index is 0.139. The highest BCUT2D eigenvalue weighted by Crippen LogP contribution is 2.50. The predicted molar refractivity (Wildman–Crippen MR) is 108 cm³/mol. The maximum Gasteiger partial charge on any atom is 0.303 e. The van der Waals surface area contributed by atoms with E-state index >= 15 is 0 Å². The molecule has 0 aromatic carbocycles. The lowest BCUT2D eigenvalue weighted by Crippen LogP contribution is -2.18. The Hall–Kier alpha value is -1.13. The van der Waals surface area contributed by atoms with Crippen molar-refractivity contribution >= 4 is 5.97 Å². The molecule has 0 amide bonds. The molecule has 0 heterocycles. The predicted octanol–water partition coefficient (Wildman–Crippen LogP) is 4.71. The van der Waals surface area contributed by atoms with E-state index in [2.05, 4.69) is 26.0 Å². The van der Waals surface area contributed by atoms with Crippen LogP contribution < -0.4 is 0 Å². The van der Waals surface area contributed by atoms with Gasteiger partial charge in [-0.1, -0.05) is 56.9 Å². The highest BCUT2D eigenvalue weighted by molar-refractivity contribution is 5.66. The first kappa shape index (κ1) is 22.2. The monoisotopic (exact) mass is 378 g/mol. The molecule has 0 saturated heterocycles. The molecule has 0 aliphatic heterocycles. The van der Waals surface area contributed by atoms with Crippen LogP contribution in [0.4, 0.5) is 0 Å². The fourth-order valence-electron chi connectivity index (χ4n) is 4.92. The Labute approximate surface area is 164 Å². The van der Waals surface area contributed by atoms with Crippen molar-refractivity contribution in [3.8, 4) is 0 Å². The Morgan fingerprint density at radius 1 is 1.30 bits per heavy atom. The molecule has 6 atom stereocenters. The lowest BCUT2D eigenvalue weighted by Gasteiger charge is -2.18. The molecule has 3 N–H and O–H groups in total. The fourth-order valence-corrected chi connectivity index (χ4v) is 4.92. The van der Waals surface area contributed by atoms with Gasteiger partial charge >= 0.3 is 5.97 Å². The van der Waals surface area contributed by atoms with Crippen molar-refractivity contribution in [2.24, 2.45) is 23.7 Å². The zero-order valence-electron chi connectivity index (χ0n) is 17.0. The molecular formula is C23H38O4. The van der Waals surface area contributed by atoms with Crippen molar-refractivity contribution in [2.45, 2.75) is 90.3 Å². The molecule has 0 aromatic rings. The van der Waals surface area contributed by atoms with Crippen LogP contribution in [-0.2, 0) is 4.79 Å². The Kier molecular flexibility index (Phi) is 9.04. The molecular weight excluding hydrogens is 340 g/mol. The molecule has 0 bridgehead atoms. The molecule has 0 radical (unpaired) electrons. The van der Waals surface area contributed by atoms with Gasteiger partial charge in [0.25, 0.3) is 0 Å². The molecule has 0 spiro atoms. The summed E-state index contributed by atoms with van der Waals surface area (Å²) in [6, 6.07) is 0. The number of carboxylic acid groups (broad SMARTS) is 1. The largest absolute Gasteiger partial charge is 0.481 e. The molecule has 2 rings (SSSR count). The number of carbonyl (C=O) groups is 1. The number of aliphatic carboxylic acids is 1. The standard InChI is InChI=1S/C23H38O4/c1-3-4-7-16(2)12-19(24)10-11-20-21-14-17(8-5-6-9-23(26)27)13-18(21)15-22(20)25/h8,10-11,16,18-22,24-25H,3-7,9,12-15H2,1-2H3,(H,26,27)/t16-,18+,19-,20+,21-,22+/m0/s1. The van der Waals surface area contributed by atoms with E-state index in [1.165, 1.54) is 18.4 Å². The van der Waals surface area contributed by atoms with Crippen molar-refractivity contribution in [2.75, 3.05) is 0 Å². The second kappa shape index (κ2) is 11.0. The third kappa shape index (κ3) is 7.08. The summed E-state index contributed by atoms with van der Waals surface area (Å²) in [6.07, 6.45) is 14.5. The SMILES string of the molecule is CCCC[C@H](C)C[C@@H](O)C=C[C@@H]1[C@H]2CC(=CCCCC(=O)O)C[C@@H]2C[C@H]1O. The highest BCUT2D eigenvalue weighted by atomic mass is 16.4. The van der Waals surface area contributed by atoms with Crippen molar-refractivity contribution in [1.29, 1.82) is 0 Å². The summed E-state index contributed by atoms with van der Waals surface area (Å²) in [5.74, 6) is 0.929. The Morgan fingerprint density at radius 2 is 2.07 bits per heavy atom. The summed E-state index contributed by atoms with van der Waals surface area (Å²) >= 11 is 0. The normalized spacial score (nSPS) is 31.5. The van der Waals surface area contributed by atoms with E-state index in [0.717, 1.165) is 38.5 Å². The van der Waals surface area contributed by atoms with Crippen LogP contribution in [-0.4, -0.2) is 33.5 Å². The summed E-state index contributed by atoms with van der Waals surface area (Å²) in [7, 11) is 0. The first-order valence-electron chi connectivity index (χ1n) is 10.8. The van der Waals surface area contributed by atoms with Crippen LogP contribution in [0.3, 0.4) is 0 Å². The molecule has 2 aliphatic rings. The smallest absolute Gasteiger partial charge is 0.303 e. The third-order valence-corrected chi connectivity index (χ3v) is 6.39. The first-order chi connectivity index (χ1) is 12.9. The van der Waals surface area contributed by atoms with Crippen LogP contribution in [0.1, 0.15) is 78.1 Å². The van der Waals surface area contributed by atoms with Crippen LogP contribution in [0.2, 0.25) is 0 Å². The number of rotatable bonds is 11. The van der Waals surface area contributed by atoms with Gasteiger partial charge in [-0.3, -0.25) is 4.79 Å². The number of hydrogen-bond acceptors (Lipinski definition) is 3. The van der Waals surface area contributed by atoms with E-state index in [1.54, 1.807) is 0 Å². The van der Waals surface area contributed by atoms with E-state index < -0.39 is 12.1 Å². The van der Waals surface area contributed by atoms with Crippen molar-refractivity contribution < 1.29 is 20.1 Å². The number of hydrogen-bond donors (Lipinski definition) is 3. The van der Waals surface area contributed by atoms with E-state index in [-0.39, 0.29) is 18.4 Å². The fraction of sp³-hybridized carbons (Fsp3) is 0.783. The average Bonchev–Trinajstić information content (AvgIpc) is 3.11. The lowest BCUT2D eigenvalue weighted by molar-refractivity contribution is -0.137. The summed E-state index contributed by atoms with van der Waals surface area (Å²) in [5.41, 5.74) is 1.43. The van der Waals surface area contributed by atoms with Crippen LogP contribution in [0.25, 0.3) is 0 Å². The molecule has 0 unspecified atom stereocenters. The van der Waals surface area contributed by atoms with Gasteiger partial charge in [0.1, 0.15) is 0 Å². The third-order valence-electron chi connectivity index (χ3n) is 6.39. The van der Waals surface area contributed by atoms with Gasteiger partial charge < -0.3 is 15.3 Å². The number of carboxylic acids is 1. The van der Waals surface area contributed by atoms with Crippen LogP contribution in [0, 0.1) is 23.7 Å².